The molecule has 1 atom stereocenters. The molecule has 1 aromatic carbocycles. The summed E-state index contributed by atoms with van der Waals surface area (Å²) >= 11 is 3.32. The van der Waals surface area contributed by atoms with Crippen LogP contribution in [-0.4, -0.2) is 44.6 Å². The van der Waals surface area contributed by atoms with Gasteiger partial charge in [-0.3, -0.25) is 4.40 Å². The maximum absolute atomic E-state index is 14.3. The number of rotatable bonds is 2. The number of halogens is 3. The molecular formula is C17H14BrF2N5O. The number of aromatic nitrogens is 3. The molecule has 1 aliphatic heterocycles. The van der Waals surface area contributed by atoms with E-state index in [1.54, 1.807) is 23.0 Å². The van der Waals surface area contributed by atoms with E-state index in [-0.39, 0.29) is 12.1 Å². The fraction of sp³-hybridized carbons (Fsp3) is 0.235. The fourth-order valence-corrected chi connectivity index (χ4v) is 3.22. The monoisotopic (exact) mass is 421 g/mol. The van der Waals surface area contributed by atoms with Crippen molar-refractivity contribution in [2.45, 2.75) is 12.6 Å². The lowest BCUT2D eigenvalue weighted by atomic mass is 10.1. The van der Waals surface area contributed by atoms with Crippen LogP contribution in [0.4, 0.5) is 19.3 Å². The zero-order valence-corrected chi connectivity index (χ0v) is 15.1. The number of amides is 2. The Morgan fingerprint density at radius 3 is 2.96 bits per heavy atom. The summed E-state index contributed by atoms with van der Waals surface area (Å²) in [5.41, 5.74) is 1.06. The van der Waals surface area contributed by atoms with Crippen LogP contribution >= 0.6 is 15.9 Å². The number of fused-ring (bicyclic) bond motifs is 1. The van der Waals surface area contributed by atoms with E-state index in [0.717, 1.165) is 4.47 Å². The van der Waals surface area contributed by atoms with Gasteiger partial charge in [-0.1, -0.05) is 0 Å². The SMILES string of the molecule is O=C(Nc1ccc(F)c(-c2cn3cc(Br)cnc3n2)c1)N1CC[C@@H](F)C1. The highest BCUT2D eigenvalue weighted by Gasteiger charge is 2.26. The number of nitrogens with zero attached hydrogens (tertiary/aromatic N) is 4. The molecular weight excluding hydrogens is 408 g/mol. The highest BCUT2D eigenvalue weighted by atomic mass is 79.9. The number of anilines is 1. The molecule has 1 aliphatic rings. The first-order valence-electron chi connectivity index (χ1n) is 8.00. The molecule has 0 saturated carbocycles. The van der Waals surface area contributed by atoms with Gasteiger partial charge in [0.15, 0.2) is 0 Å². The molecule has 26 heavy (non-hydrogen) atoms. The topological polar surface area (TPSA) is 62.5 Å². The van der Waals surface area contributed by atoms with Crippen LogP contribution in [0.3, 0.4) is 0 Å². The Morgan fingerprint density at radius 2 is 2.19 bits per heavy atom. The molecule has 6 nitrogen and oxygen atoms in total. The average Bonchev–Trinajstić information content (AvgIpc) is 3.22. The fourth-order valence-electron chi connectivity index (χ4n) is 2.89. The molecule has 134 valence electrons. The van der Waals surface area contributed by atoms with E-state index in [0.29, 0.717) is 30.1 Å². The Labute approximate surface area is 156 Å². The summed E-state index contributed by atoms with van der Waals surface area (Å²) in [4.78, 5) is 22.1. The minimum Gasteiger partial charge on any atom is -0.322 e. The zero-order valence-electron chi connectivity index (χ0n) is 13.5. The number of likely N-dealkylation sites (tertiary alicyclic amines) is 1. The lowest BCUT2D eigenvalue weighted by molar-refractivity contribution is 0.218. The number of carbonyl (C=O) groups excluding carboxylic acids is 1. The van der Waals surface area contributed by atoms with Crippen molar-refractivity contribution >= 4 is 33.4 Å². The predicted octanol–water partition coefficient (Wildman–Crippen LogP) is 3.87. The average molecular weight is 422 g/mol. The van der Waals surface area contributed by atoms with Gasteiger partial charge in [0, 0.05) is 36.4 Å². The van der Waals surface area contributed by atoms with E-state index in [1.807, 2.05) is 0 Å². The van der Waals surface area contributed by atoms with Crippen LogP contribution in [0.2, 0.25) is 0 Å². The quantitative estimate of drug-likeness (QED) is 0.682. The molecule has 0 aliphatic carbocycles. The van der Waals surface area contributed by atoms with E-state index < -0.39 is 18.0 Å². The Morgan fingerprint density at radius 1 is 1.35 bits per heavy atom. The third-order valence-electron chi connectivity index (χ3n) is 4.19. The van der Waals surface area contributed by atoms with Crippen molar-refractivity contribution in [3.8, 4) is 11.3 Å². The van der Waals surface area contributed by atoms with Crippen molar-refractivity contribution in [1.82, 2.24) is 19.3 Å². The van der Waals surface area contributed by atoms with Gasteiger partial charge >= 0.3 is 6.03 Å². The minimum atomic E-state index is -0.991. The van der Waals surface area contributed by atoms with Crippen molar-refractivity contribution in [1.29, 1.82) is 0 Å². The number of benzene rings is 1. The van der Waals surface area contributed by atoms with Crippen molar-refractivity contribution in [2.75, 3.05) is 18.4 Å². The second kappa shape index (κ2) is 6.64. The van der Waals surface area contributed by atoms with Gasteiger partial charge in [-0.2, -0.15) is 0 Å². The van der Waals surface area contributed by atoms with Crippen LogP contribution in [0.1, 0.15) is 6.42 Å². The zero-order chi connectivity index (χ0) is 18.3. The third kappa shape index (κ3) is 3.26. The second-order valence-electron chi connectivity index (χ2n) is 6.06. The first kappa shape index (κ1) is 16.9. The van der Waals surface area contributed by atoms with Gasteiger partial charge < -0.3 is 10.2 Å². The van der Waals surface area contributed by atoms with Gasteiger partial charge in [-0.15, -0.1) is 0 Å². The number of urea groups is 1. The summed E-state index contributed by atoms with van der Waals surface area (Å²) in [6.07, 6.45) is 4.38. The first-order chi connectivity index (χ1) is 12.5. The molecule has 1 saturated heterocycles. The molecule has 2 amide bonds. The molecule has 0 unspecified atom stereocenters. The van der Waals surface area contributed by atoms with Gasteiger partial charge in [0.25, 0.3) is 0 Å². The Balaban J connectivity index is 1.62. The molecule has 0 bridgehead atoms. The molecule has 3 heterocycles. The molecule has 0 spiro atoms. The molecule has 2 aromatic heterocycles. The summed E-state index contributed by atoms with van der Waals surface area (Å²) in [5, 5.41) is 2.68. The Hall–Kier alpha value is -2.55. The van der Waals surface area contributed by atoms with Gasteiger partial charge in [-0.25, -0.2) is 23.5 Å². The number of hydrogen-bond acceptors (Lipinski definition) is 3. The second-order valence-corrected chi connectivity index (χ2v) is 6.98. The van der Waals surface area contributed by atoms with E-state index in [1.165, 1.54) is 23.1 Å². The third-order valence-corrected chi connectivity index (χ3v) is 4.60. The lowest BCUT2D eigenvalue weighted by Gasteiger charge is -2.16. The van der Waals surface area contributed by atoms with E-state index in [4.69, 9.17) is 0 Å². The van der Waals surface area contributed by atoms with Crippen LogP contribution in [0.15, 0.2) is 41.3 Å². The highest BCUT2D eigenvalue weighted by Crippen LogP contribution is 2.26. The summed E-state index contributed by atoms with van der Waals surface area (Å²) < 4.78 is 30.0. The van der Waals surface area contributed by atoms with E-state index in [2.05, 4.69) is 31.2 Å². The minimum absolute atomic E-state index is 0.0763. The highest BCUT2D eigenvalue weighted by molar-refractivity contribution is 9.10. The number of alkyl halides is 1. The molecule has 9 heteroatoms. The molecule has 3 aromatic rings. The summed E-state index contributed by atoms with van der Waals surface area (Å²) in [5.74, 6) is -0.0291. The maximum Gasteiger partial charge on any atom is 0.321 e. The van der Waals surface area contributed by atoms with E-state index >= 15 is 0 Å². The summed E-state index contributed by atoms with van der Waals surface area (Å²) in [6, 6.07) is 3.83. The lowest BCUT2D eigenvalue weighted by Crippen LogP contribution is -2.33. The van der Waals surface area contributed by atoms with Crippen LogP contribution in [0.25, 0.3) is 17.0 Å². The summed E-state index contributed by atoms with van der Waals surface area (Å²) in [6.45, 7) is 0.445. The number of hydrogen-bond donors (Lipinski definition) is 1. The van der Waals surface area contributed by atoms with Crippen LogP contribution in [0.5, 0.6) is 0 Å². The smallest absolute Gasteiger partial charge is 0.321 e. The normalized spacial score (nSPS) is 17.0. The maximum atomic E-state index is 14.3. The predicted molar refractivity (Wildman–Crippen MR) is 96.2 cm³/mol. The van der Waals surface area contributed by atoms with Crippen LogP contribution < -0.4 is 5.32 Å². The van der Waals surface area contributed by atoms with Gasteiger partial charge in [0.05, 0.1) is 16.7 Å². The molecule has 1 N–H and O–H groups in total. The van der Waals surface area contributed by atoms with Gasteiger partial charge in [0.2, 0.25) is 5.78 Å². The van der Waals surface area contributed by atoms with Crippen LogP contribution in [-0.2, 0) is 0 Å². The molecule has 4 rings (SSSR count). The Bertz CT molecular complexity index is 992. The van der Waals surface area contributed by atoms with Crippen molar-refractivity contribution in [3.05, 3.63) is 47.1 Å². The summed E-state index contributed by atoms with van der Waals surface area (Å²) in [7, 11) is 0. The van der Waals surface area contributed by atoms with Gasteiger partial charge in [0.1, 0.15) is 12.0 Å². The largest absolute Gasteiger partial charge is 0.322 e. The first-order valence-corrected chi connectivity index (χ1v) is 8.79. The van der Waals surface area contributed by atoms with Crippen molar-refractivity contribution in [2.24, 2.45) is 0 Å². The number of nitrogens with one attached hydrogen (secondary N) is 1. The Kier molecular flexibility index (Phi) is 4.31. The van der Waals surface area contributed by atoms with Crippen molar-refractivity contribution in [3.63, 3.8) is 0 Å². The van der Waals surface area contributed by atoms with E-state index in [9.17, 15) is 13.6 Å². The van der Waals surface area contributed by atoms with Crippen LogP contribution in [0, 0.1) is 5.82 Å². The van der Waals surface area contributed by atoms with Crippen molar-refractivity contribution < 1.29 is 13.6 Å². The van der Waals surface area contributed by atoms with Gasteiger partial charge in [-0.05, 0) is 40.5 Å². The molecule has 1 fully saturated rings. The number of imidazole rings is 1. The standard InChI is InChI=1S/C17H14BrF2N5O/c18-10-6-21-16-23-15(9-25(16)7-10)13-5-12(1-2-14(13)20)22-17(26)24-4-3-11(19)8-24/h1-2,5-7,9,11H,3-4,8H2,(H,22,26)/t11-/m1/s1. The number of carbonyl (C=O) groups is 1. The molecule has 0 radical (unpaired) electrons.